The van der Waals surface area contributed by atoms with E-state index in [2.05, 4.69) is 10.3 Å². The molecular weight excluding hydrogens is 240 g/mol. The fourth-order valence-corrected chi connectivity index (χ4v) is 1.58. The largest absolute Gasteiger partial charge is 0.411 e. The molecule has 0 aliphatic rings. The van der Waals surface area contributed by atoms with E-state index in [0.29, 0.717) is 17.4 Å². The number of benzene rings is 1. The van der Waals surface area contributed by atoms with Gasteiger partial charge in [-0.25, -0.2) is 0 Å². The first-order valence-corrected chi connectivity index (χ1v) is 5.59. The number of alkyl halides is 1. The molecule has 1 N–H and O–H groups in total. The van der Waals surface area contributed by atoms with Gasteiger partial charge in [0, 0.05) is 11.6 Å². The molecule has 0 saturated carbocycles. The van der Waals surface area contributed by atoms with E-state index in [1.165, 1.54) is 0 Å². The maximum atomic E-state index is 8.66. The van der Waals surface area contributed by atoms with Crippen LogP contribution in [-0.2, 0) is 5.88 Å². The van der Waals surface area contributed by atoms with E-state index >= 15 is 0 Å². The van der Waals surface area contributed by atoms with E-state index in [9.17, 15) is 0 Å². The SMILES string of the molecule is CC(=NO)c1ccc(-c2cc(CCl)on2)cc1. The van der Waals surface area contributed by atoms with Gasteiger partial charge in [-0.3, -0.25) is 0 Å². The fourth-order valence-electron chi connectivity index (χ4n) is 1.45. The second-order valence-corrected chi connectivity index (χ2v) is 3.84. The maximum absolute atomic E-state index is 8.66. The Labute approximate surface area is 103 Å². The summed E-state index contributed by atoms with van der Waals surface area (Å²) in [6.45, 7) is 1.73. The molecule has 1 aromatic carbocycles. The Bertz CT molecular complexity index is 532. The van der Waals surface area contributed by atoms with Gasteiger partial charge in [0.05, 0.1) is 11.6 Å². The Hall–Kier alpha value is -1.81. The lowest BCUT2D eigenvalue weighted by Crippen LogP contribution is -1.93. The van der Waals surface area contributed by atoms with Crippen LogP contribution in [0.2, 0.25) is 0 Å². The number of halogens is 1. The number of hydrogen-bond donors (Lipinski definition) is 1. The van der Waals surface area contributed by atoms with E-state index < -0.39 is 0 Å². The highest BCUT2D eigenvalue weighted by molar-refractivity contribution is 6.16. The summed E-state index contributed by atoms with van der Waals surface area (Å²) < 4.78 is 5.02. The normalized spacial score (nSPS) is 11.8. The molecule has 4 nitrogen and oxygen atoms in total. The number of aromatic nitrogens is 1. The van der Waals surface area contributed by atoms with Crippen molar-refractivity contribution >= 4 is 17.3 Å². The minimum atomic E-state index is 0.307. The summed E-state index contributed by atoms with van der Waals surface area (Å²) in [5.74, 6) is 0.945. The predicted octanol–water partition coefficient (Wildman–Crippen LogP) is 3.28. The van der Waals surface area contributed by atoms with Crippen LogP contribution in [0.4, 0.5) is 0 Å². The van der Waals surface area contributed by atoms with Gasteiger partial charge >= 0.3 is 0 Å². The van der Waals surface area contributed by atoms with Gasteiger partial charge in [-0.1, -0.05) is 34.6 Å². The zero-order chi connectivity index (χ0) is 12.3. The molecule has 0 aliphatic heterocycles. The molecule has 2 aromatic rings. The lowest BCUT2D eigenvalue weighted by Gasteiger charge is -1.99. The smallest absolute Gasteiger partial charge is 0.152 e. The van der Waals surface area contributed by atoms with E-state index in [0.717, 1.165) is 16.8 Å². The van der Waals surface area contributed by atoms with Crippen LogP contribution in [0.3, 0.4) is 0 Å². The highest BCUT2D eigenvalue weighted by atomic mass is 35.5. The zero-order valence-corrected chi connectivity index (χ0v) is 9.98. The Morgan fingerprint density at radius 1 is 1.41 bits per heavy atom. The molecule has 0 fully saturated rings. The molecule has 0 aliphatic carbocycles. The fraction of sp³-hybridized carbons (Fsp3) is 0.167. The average molecular weight is 251 g/mol. The van der Waals surface area contributed by atoms with Crippen LogP contribution in [0.5, 0.6) is 0 Å². The highest BCUT2D eigenvalue weighted by Crippen LogP contribution is 2.20. The first kappa shape index (κ1) is 11.7. The molecule has 0 radical (unpaired) electrons. The predicted molar refractivity (Wildman–Crippen MR) is 65.5 cm³/mol. The Morgan fingerprint density at radius 3 is 2.65 bits per heavy atom. The second-order valence-electron chi connectivity index (χ2n) is 3.57. The molecule has 0 bridgehead atoms. The zero-order valence-electron chi connectivity index (χ0n) is 9.22. The monoisotopic (exact) mass is 250 g/mol. The average Bonchev–Trinajstić information content (AvgIpc) is 2.87. The van der Waals surface area contributed by atoms with Gasteiger partial charge in [-0.15, -0.1) is 11.6 Å². The molecular formula is C12H11ClN2O2. The second kappa shape index (κ2) is 5.01. The molecule has 5 heteroatoms. The summed E-state index contributed by atoms with van der Waals surface area (Å²) in [6, 6.07) is 9.30. The first-order chi connectivity index (χ1) is 8.24. The molecule has 0 atom stereocenters. The number of rotatable bonds is 3. The highest BCUT2D eigenvalue weighted by Gasteiger charge is 2.06. The Balaban J connectivity index is 2.29. The van der Waals surface area contributed by atoms with E-state index in [4.69, 9.17) is 21.3 Å². The minimum absolute atomic E-state index is 0.307. The van der Waals surface area contributed by atoms with Gasteiger partial charge in [-0.2, -0.15) is 0 Å². The molecule has 0 spiro atoms. The summed E-state index contributed by atoms with van der Waals surface area (Å²) in [6.07, 6.45) is 0. The summed E-state index contributed by atoms with van der Waals surface area (Å²) >= 11 is 5.64. The standard InChI is InChI=1S/C12H11ClN2O2/c1-8(14-16)9-2-4-10(5-3-9)12-6-11(7-13)17-15-12/h2-6,16H,7H2,1H3. The van der Waals surface area contributed by atoms with Crippen LogP contribution in [0.15, 0.2) is 40.0 Å². The third-order valence-electron chi connectivity index (χ3n) is 2.44. The lowest BCUT2D eigenvalue weighted by atomic mass is 10.1. The molecule has 1 heterocycles. The maximum Gasteiger partial charge on any atom is 0.152 e. The van der Waals surface area contributed by atoms with Crippen molar-refractivity contribution in [1.29, 1.82) is 0 Å². The van der Waals surface area contributed by atoms with Crippen LogP contribution in [-0.4, -0.2) is 16.1 Å². The van der Waals surface area contributed by atoms with Crippen molar-refractivity contribution in [3.05, 3.63) is 41.7 Å². The van der Waals surface area contributed by atoms with Crippen molar-refractivity contribution in [1.82, 2.24) is 5.16 Å². The third-order valence-corrected chi connectivity index (χ3v) is 2.70. The van der Waals surface area contributed by atoms with Gasteiger partial charge in [0.25, 0.3) is 0 Å². The summed E-state index contributed by atoms with van der Waals surface area (Å²) in [5, 5.41) is 15.7. The van der Waals surface area contributed by atoms with Crippen LogP contribution >= 0.6 is 11.6 Å². The number of nitrogens with zero attached hydrogens (tertiary/aromatic N) is 2. The van der Waals surface area contributed by atoms with Gasteiger partial charge < -0.3 is 9.73 Å². The van der Waals surface area contributed by atoms with Gasteiger partial charge in [0.15, 0.2) is 5.76 Å². The first-order valence-electron chi connectivity index (χ1n) is 5.05. The van der Waals surface area contributed by atoms with Crippen molar-refractivity contribution in [2.45, 2.75) is 12.8 Å². The van der Waals surface area contributed by atoms with Gasteiger partial charge in [-0.05, 0) is 12.5 Å². The van der Waals surface area contributed by atoms with Crippen molar-refractivity contribution in [3.8, 4) is 11.3 Å². The van der Waals surface area contributed by atoms with E-state index in [-0.39, 0.29) is 0 Å². The van der Waals surface area contributed by atoms with E-state index in [1.54, 1.807) is 13.0 Å². The van der Waals surface area contributed by atoms with Crippen molar-refractivity contribution < 1.29 is 9.73 Å². The molecule has 0 amide bonds. The molecule has 0 saturated heterocycles. The third kappa shape index (κ3) is 2.47. The molecule has 0 unspecified atom stereocenters. The van der Waals surface area contributed by atoms with Crippen molar-refractivity contribution in [2.75, 3.05) is 0 Å². The van der Waals surface area contributed by atoms with Gasteiger partial charge in [0.1, 0.15) is 5.69 Å². The number of hydrogen-bond acceptors (Lipinski definition) is 4. The quantitative estimate of drug-likeness (QED) is 0.394. The number of oxime groups is 1. The summed E-state index contributed by atoms with van der Waals surface area (Å²) in [4.78, 5) is 0. The minimum Gasteiger partial charge on any atom is -0.411 e. The summed E-state index contributed by atoms with van der Waals surface area (Å²) in [5.41, 5.74) is 3.10. The van der Waals surface area contributed by atoms with Gasteiger partial charge in [0.2, 0.25) is 0 Å². The van der Waals surface area contributed by atoms with Crippen LogP contribution < -0.4 is 0 Å². The van der Waals surface area contributed by atoms with E-state index in [1.807, 2.05) is 24.3 Å². The van der Waals surface area contributed by atoms with Crippen LogP contribution in [0, 0.1) is 0 Å². The topological polar surface area (TPSA) is 58.6 Å². The lowest BCUT2D eigenvalue weighted by molar-refractivity contribution is 0.319. The van der Waals surface area contributed by atoms with Crippen molar-refractivity contribution in [3.63, 3.8) is 0 Å². The Morgan fingerprint density at radius 2 is 2.12 bits per heavy atom. The Kier molecular flexibility index (Phi) is 3.44. The molecule has 17 heavy (non-hydrogen) atoms. The molecule has 1 aromatic heterocycles. The van der Waals surface area contributed by atoms with Crippen LogP contribution in [0.25, 0.3) is 11.3 Å². The summed E-state index contributed by atoms with van der Waals surface area (Å²) in [7, 11) is 0. The van der Waals surface area contributed by atoms with Crippen molar-refractivity contribution in [2.24, 2.45) is 5.16 Å². The molecule has 88 valence electrons. The molecule has 2 rings (SSSR count). The van der Waals surface area contributed by atoms with Crippen LogP contribution in [0.1, 0.15) is 18.2 Å².